The van der Waals surface area contributed by atoms with Crippen molar-refractivity contribution >= 4 is 23.6 Å². The molecule has 0 aromatic heterocycles. The highest BCUT2D eigenvalue weighted by atomic mass is 35.5. The zero-order valence-electron chi connectivity index (χ0n) is 6.75. The molecule has 2 N–H and O–H groups in total. The van der Waals surface area contributed by atoms with Gasteiger partial charge in [-0.15, -0.1) is 0 Å². The van der Waals surface area contributed by atoms with Crippen molar-refractivity contribution in [2.75, 3.05) is 5.73 Å². The Morgan fingerprint density at radius 2 is 2.25 bits per heavy atom. The summed E-state index contributed by atoms with van der Waals surface area (Å²) in [5.41, 5.74) is 6.98. The first-order chi connectivity index (χ1) is 5.65. The van der Waals surface area contributed by atoms with Crippen molar-refractivity contribution in [1.82, 2.24) is 0 Å². The highest BCUT2D eigenvalue weighted by molar-refractivity contribution is 6.33. The van der Waals surface area contributed by atoms with Crippen LogP contribution < -0.4 is 5.73 Å². The van der Waals surface area contributed by atoms with Crippen LogP contribution in [0.1, 0.15) is 18.4 Å². The minimum atomic E-state index is -0.121. The maximum absolute atomic E-state index is 10.4. The van der Waals surface area contributed by atoms with Crippen LogP contribution in [0.15, 0.2) is 18.2 Å². The smallest absolute Gasteiger partial charge is 0.127 e. The predicted octanol–water partition coefficient (Wildman–Crippen LogP) is 2.22. The molecule has 12 heavy (non-hydrogen) atoms. The third-order valence-corrected chi connectivity index (χ3v) is 2.09. The van der Waals surface area contributed by atoms with Gasteiger partial charge in [-0.1, -0.05) is 24.6 Å². The largest absolute Gasteiger partial charge is 0.398 e. The first-order valence-electron chi connectivity index (χ1n) is 3.65. The Morgan fingerprint density at radius 1 is 1.58 bits per heavy atom. The zero-order valence-corrected chi connectivity index (χ0v) is 7.51. The molecule has 0 fully saturated rings. The number of benzene rings is 1. The van der Waals surface area contributed by atoms with Crippen molar-refractivity contribution in [2.45, 2.75) is 12.8 Å². The van der Waals surface area contributed by atoms with Crippen LogP contribution in [0.25, 0.3) is 0 Å². The standard InChI is InChI=1S/C9H10ClNO/c1-6(5-12)7-2-3-8(10)9(11)4-7/h2-6H,11H2,1H3. The zero-order chi connectivity index (χ0) is 9.14. The number of anilines is 1. The van der Waals surface area contributed by atoms with Gasteiger partial charge in [-0.2, -0.15) is 0 Å². The molecule has 0 aliphatic rings. The molecule has 1 aromatic rings. The van der Waals surface area contributed by atoms with E-state index >= 15 is 0 Å². The summed E-state index contributed by atoms with van der Waals surface area (Å²) in [7, 11) is 0. The lowest BCUT2D eigenvalue weighted by Gasteiger charge is -2.05. The Morgan fingerprint density at radius 3 is 2.75 bits per heavy atom. The molecular weight excluding hydrogens is 174 g/mol. The van der Waals surface area contributed by atoms with E-state index in [1.165, 1.54) is 0 Å². The molecule has 0 amide bonds. The summed E-state index contributed by atoms with van der Waals surface area (Å²) in [6.45, 7) is 1.82. The van der Waals surface area contributed by atoms with E-state index in [2.05, 4.69) is 0 Å². The van der Waals surface area contributed by atoms with Crippen LogP contribution in [0.3, 0.4) is 0 Å². The Bertz CT molecular complexity index is 299. The van der Waals surface area contributed by atoms with E-state index in [1.54, 1.807) is 18.2 Å². The molecule has 1 rings (SSSR count). The molecule has 64 valence electrons. The number of nitrogen functional groups attached to an aromatic ring is 1. The summed E-state index contributed by atoms with van der Waals surface area (Å²) in [5, 5.41) is 0.525. The third kappa shape index (κ3) is 1.77. The normalized spacial score (nSPS) is 12.5. The van der Waals surface area contributed by atoms with Crippen LogP contribution >= 0.6 is 11.6 Å². The number of rotatable bonds is 2. The van der Waals surface area contributed by atoms with E-state index < -0.39 is 0 Å². The van der Waals surface area contributed by atoms with Crippen LogP contribution in [0.5, 0.6) is 0 Å². The van der Waals surface area contributed by atoms with E-state index in [9.17, 15) is 4.79 Å². The highest BCUT2D eigenvalue weighted by Crippen LogP contribution is 2.23. The summed E-state index contributed by atoms with van der Waals surface area (Å²) in [4.78, 5) is 10.4. The van der Waals surface area contributed by atoms with Crippen molar-refractivity contribution < 1.29 is 4.79 Å². The molecule has 0 saturated carbocycles. The van der Waals surface area contributed by atoms with E-state index in [0.717, 1.165) is 11.8 Å². The molecule has 1 atom stereocenters. The Labute approximate surface area is 76.3 Å². The first-order valence-corrected chi connectivity index (χ1v) is 4.03. The fourth-order valence-electron chi connectivity index (χ4n) is 0.924. The molecule has 0 heterocycles. The summed E-state index contributed by atoms with van der Waals surface area (Å²) in [6, 6.07) is 5.23. The summed E-state index contributed by atoms with van der Waals surface area (Å²) in [6.07, 6.45) is 0.878. The van der Waals surface area contributed by atoms with Gasteiger partial charge in [-0.3, -0.25) is 0 Å². The molecule has 0 aliphatic carbocycles. The van der Waals surface area contributed by atoms with Crippen molar-refractivity contribution in [3.8, 4) is 0 Å². The molecule has 0 radical (unpaired) electrons. The van der Waals surface area contributed by atoms with Gasteiger partial charge >= 0.3 is 0 Å². The molecule has 0 spiro atoms. The topological polar surface area (TPSA) is 43.1 Å². The minimum Gasteiger partial charge on any atom is -0.398 e. The number of carbonyl (C=O) groups excluding carboxylic acids is 1. The van der Waals surface area contributed by atoms with Gasteiger partial charge in [0.2, 0.25) is 0 Å². The Kier molecular flexibility index (Phi) is 2.71. The molecule has 0 bridgehead atoms. The van der Waals surface area contributed by atoms with Gasteiger partial charge in [-0.25, -0.2) is 0 Å². The fraction of sp³-hybridized carbons (Fsp3) is 0.222. The maximum atomic E-state index is 10.4. The SMILES string of the molecule is CC(C=O)c1ccc(Cl)c(N)c1. The molecule has 1 unspecified atom stereocenters. The van der Waals surface area contributed by atoms with Crippen LogP contribution in [-0.2, 0) is 4.79 Å². The van der Waals surface area contributed by atoms with Crippen molar-refractivity contribution in [1.29, 1.82) is 0 Å². The van der Waals surface area contributed by atoms with Gasteiger partial charge in [0.05, 0.1) is 10.7 Å². The van der Waals surface area contributed by atoms with Crippen LogP contribution in [0.2, 0.25) is 5.02 Å². The second kappa shape index (κ2) is 3.59. The van der Waals surface area contributed by atoms with E-state index in [1.807, 2.05) is 6.92 Å². The fourth-order valence-corrected chi connectivity index (χ4v) is 1.04. The van der Waals surface area contributed by atoms with Crippen LogP contribution in [0.4, 0.5) is 5.69 Å². The molecule has 3 heteroatoms. The highest BCUT2D eigenvalue weighted by Gasteiger charge is 2.04. The second-order valence-electron chi connectivity index (χ2n) is 2.71. The van der Waals surface area contributed by atoms with Gasteiger partial charge in [-0.05, 0) is 17.7 Å². The van der Waals surface area contributed by atoms with Gasteiger partial charge < -0.3 is 10.5 Å². The van der Waals surface area contributed by atoms with Gasteiger partial charge in [0.25, 0.3) is 0 Å². The number of aldehydes is 1. The number of hydrogen-bond donors (Lipinski definition) is 1. The maximum Gasteiger partial charge on any atom is 0.127 e. The lowest BCUT2D eigenvalue weighted by molar-refractivity contribution is -0.108. The second-order valence-corrected chi connectivity index (χ2v) is 3.11. The number of carbonyl (C=O) groups is 1. The van der Waals surface area contributed by atoms with Crippen LogP contribution in [0, 0.1) is 0 Å². The van der Waals surface area contributed by atoms with E-state index in [-0.39, 0.29) is 5.92 Å². The molecule has 1 aromatic carbocycles. The first kappa shape index (κ1) is 9.07. The summed E-state index contributed by atoms with van der Waals surface area (Å²) < 4.78 is 0. The molecular formula is C9H10ClNO. The van der Waals surface area contributed by atoms with E-state index in [4.69, 9.17) is 17.3 Å². The predicted molar refractivity (Wildman–Crippen MR) is 50.3 cm³/mol. The van der Waals surface area contributed by atoms with Gasteiger partial charge in [0.15, 0.2) is 0 Å². The molecule has 0 saturated heterocycles. The lowest BCUT2D eigenvalue weighted by Crippen LogP contribution is -1.96. The lowest BCUT2D eigenvalue weighted by atomic mass is 10.0. The monoisotopic (exact) mass is 183 g/mol. The minimum absolute atomic E-state index is 0.121. The summed E-state index contributed by atoms with van der Waals surface area (Å²) >= 11 is 5.72. The number of halogens is 1. The Hall–Kier alpha value is -1.02. The molecule has 0 aliphatic heterocycles. The Balaban J connectivity index is 3.04. The van der Waals surface area contributed by atoms with Gasteiger partial charge in [0, 0.05) is 5.92 Å². The van der Waals surface area contributed by atoms with Crippen LogP contribution in [-0.4, -0.2) is 6.29 Å². The van der Waals surface area contributed by atoms with E-state index in [0.29, 0.717) is 10.7 Å². The quantitative estimate of drug-likeness (QED) is 0.565. The van der Waals surface area contributed by atoms with Crippen molar-refractivity contribution in [2.24, 2.45) is 0 Å². The number of nitrogens with two attached hydrogens (primary N) is 1. The average molecular weight is 184 g/mol. The number of hydrogen-bond acceptors (Lipinski definition) is 2. The van der Waals surface area contributed by atoms with Gasteiger partial charge in [0.1, 0.15) is 6.29 Å². The molecule has 2 nitrogen and oxygen atoms in total. The van der Waals surface area contributed by atoms with Crippen molar-refractivity contribution in [3.63, 3.8) is 0 Å². The summed E-state index contributed by atoms with van der Waals surface area (Å²) in [5.74, 6) is -0.121. The third-order valence-electron chi connectivity index (χ3n) is 1.75. The average Bonchev–Trinajstić information content (AvgIpc) is 2.08. The van der Waals surface area contributed by atoms with Crippen molar-refractivity contribution in [3.05, 3.63) is 28.8 Å².